The summed E-state index contributed by atoms with van der Waals surface area (Å²) in [4.78, 5) is 11.9. The van der Waals surface area contributed by atoms with Gasteiger partial charge in [-0.3, -0.25) is 4.79 Å². The molecule has 3 N–H and O–H groups in total. The van der Waals surface area contributed by atoms with Crippen LogP contribution < -0.4 is 11.1 Å². The van der Waals surface area contributed by atoms with E-state index < -0.39 is 5.82 Å². The van der Waals surface area contributed by atoms with Crippen LogP contribution in [0.1, 0.15) is 12.0 Å². The first-order valence-corrected chi connectivity index (χ1v) is 6.94. The fourth-order valence-corrected chi connectivity index (χ4v) is 2.16. The second-order valence-electron chi connectivity index (χ2n) is 4.37. The van der Waals surface area contributed by atoms with Gasteiger partial charge in [-0.15, -0.1) is 0 Å². The molecule has 20 heavy (non-hydrogen) atoms. The molecule has 0 heterocycles. The average Bonchev–Trinajstić information content (AvgIpc) is 2.42. The van der Waals surface area contributed by atoms with Gasteiger partial charge in [0.25, 0.3) is 0 Å². The SMILES string of the molecule is Nc1ccccc1CCC(=O)Nc1cc(F)ccc1Br. The molecule has 3 nitrogen and oxygen atoms in total. The van der Waals surface area contributed by atoms with Crippen molar-refractivity contribution < 1.29 is 9.18 Å². The highest BCUT2D eigenvalue weighted by molar-refractivity contribution is 9.10. The number of anilines is 2. The summed E-state index contributed by atoms with van der Waals surface area (Å²) >= 11 is 3.27. The maximum atomic E-state index is 13.1. The molecule has 0 fully saturated rings. The monoisotopic (exact) mass is 336 g/mol. The fourth-order valence-electron chi connectivity index (χ4n) is 1.82. The van der Waals surface area contributed by atoms with E-state index >= 15 is 0 Å². The van der Waals surface area contributed by atoms with E-state index in [4.69, 9.17) is 5.73 Å². The van der Waals surface area contributed by atoms with Crippen LogP contribution in [0.15, 0.2) is 46.9 Å². The number of carbonyl (C=O) groups excluding carboxylic acids is 1. The highest BCUT2D eigenvalue weighted by Gasteiger charge is 2.08. The number of amides is 1. The van der Waals surface area contributed by atoms with Crippen molar-refractivity contribution in [1.82, 2.24) is 0 Å². The van der Waals surface area contributed by atoms with E-state index in [-0.39, 0.29) is 12.3 Å². The summed E-state index contributed by atoms with van der Waals surface area (Å²) in [7, 11) is 0. The van der Waals surface area contributed by atoms with Gasteiger partial charge in [-0.05, 0) is 52.2 Å². The number of nitrogens with one attached hydrogen (secondary N) is 1. The van der Waals surface area contributed by atoms with Gasteiger partial charge in [0.15, 0.2) is 0 Å². The molecule has 0 aliphatic carbocycles. The molecule has 104 valence electrons. The molecule has 0 saturated carbocycles. The molecule has 1 amide bonds. The van der Waals surface area contributed by atoms with Crippen molar-refractivity contribution >= 4 is 33.2 Å². The zero-order chi connectivity index (χ0) is 14.5. The Morgan fingerprint density at radius 1 is 1.25 bits per heavy atom. The molecule has 0 bridgehead atoms. The van der Waals surface area contributed by atoms with Crippen LogP contribution in [0.3, 0.4) is 0 Å². The van der Waals surface area contributed by atoms with E-state index in [0.29, 0.717) is 22.3 Å². The number of hydrogen-bond donors (Lipinski definition) is 2. The predicted molar refractivity (Wildman–Crippen MR) is 81.9 cm³/mol. The Balaban J connectivity index is 1.96. The van der Waals surface area contributed by atoms with Gasteiger partial charge in [0.1, 0.15) is 5.82 Å². The molecule has 0 unspecified atom stereocenters. The Morgan fingerprint density at radius 3 is 2.75 bits per heavy atom. The Morgan fingerprint density at radius 2 is 2.00 bits per heavy atom. The number of hydrogen-bond acceptors (Lipinski definition) is 2. The van der Waals surface area contributed by atoms with Crippen LogP contribution in [0, 0.1) is 5.82 Å². The van der Waals surface area contributed by atoms with Gasteiger partial charge in [0.05, 0.1) is 5.69 Å². The lowest BCUT2D eigenvalue weighted by Gasteiger charge is -2.08. The first-order chi connectivity index (χ1) is 9.56. The lowest BCUT2D eigenvalue weighted by Crippen LogP contribution is -2.13. The van der Waals surface area contributed by atoms with E-state index in [2.05, 4.69) is 21.2 Å². The van der Waals surface area contributed by atoms with Crippen LogP contribution in [0.4, 0.5) is 15.8 Å². The van der Waals surface area contributed by atoms with E-state index in [0.717, 1.165) is 5.56 Å². The highest BCUT2D eigenvalue weighted by atomic mass is 79.9. The number of para-hydroxylation sites is 1. The molecule has 0 aromatic heterocycles. The molecule has 2 aromatic rings. The van der Waals surface area contributed by atoms with Crippen LogP contribution in [-0.2, 0) is 11.2 Å². The lowest BCUT2D eigenvalue weighted by atomic mass is 10.1. The van der Waals surface area contributed by atoms with Crippen molar-refractivity contribution in [2.45, 2.75) is 12.8 Å². The van der Waals surface area contributed by atoms with Gasteiger partial charge in [-0.2, -0.15) is 0 Å². The van der Waals surface area contributed by atoms with Gasteiger partial charge in [0.2, 0.25) is 5.91 Å². The number of nitrogens with two attached hydrogens (primary N) is 1. The predicted octanol–water partition coefficient (Wildman–Crippen LogP) is 3.74. The summed E-state index contributed by atoms with van der Waals surface area (Å²) in [6, 6.07) is 11.6. The molecule has 2 aromatic carbocycles. The van der Waals surface area contributed by atoms with E-state index in [1.807, 2.05) is 18.2 Å². The molecular formula is C15H14BrFN2O. The smallest absolute Gasteiger partial charge is 0.224 e. The number of nitrogen functional groups attached to an aromatic ring is 1. The summed E-state index contributed by atoms with van der Waals surface area (Å²) in [5.74, 6) is -0.574. The van der Waals surface area contributed by atoms with Crippen LogP contribution in [0.25, 0.3) is 0 Å². The van der Waals surface area contributed by atoms with Crippen molar-refractivity contribution in [3.8, 4) is 0 Å². The third kappa shape index (κ3) is 3.81. The van der Waals surface area contributed by atoms with Gasteiger partial charge in [-0.25, -0.2) is 4.39 Å². The molecule has 0 atom stereocenters. The minimum Gasteiger partial charge on any atom is -0.399 e. The van der Waals surface area contributed by atoms with E-state index in [1.54, 1.807) is 12.1 Å². The van der Waals surface area contributed by atoms with Crippen LogP contribution in [-0.4, -0.2) is 5.91 Å². The van der Waals surface area contributed by atoms with Gasteiger partial charge >= 0.3 is 0 Å². The zero-order valence-corrected chi connectivity index (χ0v) is 12.3. The molecule has 0 aliphatic heterocycles. The quantitative estimate of drug-likeness (QED) is 0.835. The first kappa shape index (κ1) is 14.5. The Bertz CT molecular complexity index is 631. The van der Waals surface area contributed by atoms with Gasteiger partial charge in [-0.1, -0.05) is 18.2 Å². The summed E-state index contributed by atoms with van der Waals surface area (Å²) < 4.78 is 13.8. The molecule has 0 saturated heterocycles. The van der Waals surface area contributed by atoms with Gasteiger partial charge in [0, 0.05) is 16.6 Å². The molecule has 2 rings (SSSR count). The zero-order valence-electron chi connectivity index (χ0n) is 10.7. The largest absolute Gasteiger partial charge is 0.399 e. The van der Waals surface area contributed by atoms with Crippen molar-refractivity contribution in [3.05, 3.63) is 58.3 Å². The average molecular weight is 337 g/mol. The number of aryl methyl sites for hydroxylation is 1. The Hall–Kier alpha value is -1.88. The number of carbonyl (C=O) groups is 1. The van der Waals surface area contributed by atoms with Crippen LogP contribution in [0.2, 0.25) is 0 Å². The van der Waals surface area contributed by atoms with Gasteiger partial charge < -0.3 is 11.1 Å². The Kier molecular flexibility index (Phi) is 4.74. The topological polar surface area (TPSA) is 55.1 Å². The molecule has 5 heteroatoms. The number of rotatable bonds is 4. The fraction of sp³-hybridized carbons (Fsp3) is 0.133. The lowest BCUT2D eigenvalue weighted by molar-refractivity contribution is -0.116. The van der Waals surface area contributed by atoms with E-state index in [9.17, 15) is 9.18 Å². The summed E-state index contributed by atoms with van der Waals surface area (Å²) in [5.41, 5.74) is 7.85. The van der Waals surface area contributed by atoms with Crippen molar-refractivity contribution in [2.75, 3.05) is 11.1 Å². The molecule has 0 spiro atoms. The molecular weight excluding hydrogens is 323 g/mol. The minimum atomic E-state index is -0.393. The third-order valence-corrected chi connectivity index (χ3v) is 3.57. The molecule has 0 aliphatic rings. The van der Waals surface area contributed by atoms with Crippen LogP contribution in [0.5, 0.6) is 0 Å². The highest BCUT2D eigenvalue weighted by Crippen LogP contribution is 2.23. The summed E-state index contributed by atoms with van der Waals surface area (Å²) in [6.45, 7) is 0. The van der Waals surface area contributed by atoms with E-state index in [1.165, 1.54) is 12.1 Å². The third-order valence-electron chi connectivity index (χ3n) is 2.88. The second kappa shape index (κ2) is 6.52. The Labute approximate surface area is 125 Å². The summed E-state index contributed by atoms with van der Waals surface area (Å²) in [5, 5.41) is 2.67. The number of halogens is 2. The van der Waals surface area contributed by atoms with Crippen LogP contribution >= 0.6 is 15.9 Å². The first-order valence-electron chi connectivity index (χ1n) is 6.14. The van der Waals surface area contributed by atoms with Crippen molar-refractivity contribution in [2.24, 2.45) is 0 Å². The maximum Gasteiger partial charge on any atom is 0.224 e. The van der Waals surface area contributed by atoms with Crippen molar-refractivity contribution in [3.63, 3.8) is 0 Å². The van der Waals surface area contributed by atoms with Crippen molar-refractivity contribution in [1.29, 1.82) is 0 Å². The standard InChI is InChI=1S/C15H14BrFN2O/c16-12-7-6-11(17)9-14(12)19-15(20)8-5-10-3-1-2-4-13(10)18/h1-4,6-7,9H,5,8,18H2,(H,19,20). The minimum absolute atomic E-state index is 0.181. The maximum absolute atomic E-state index is 13.1. The normalized spacial score (nSPS) is 10.3. The summed E-state index contributed by atoms with van der Waals surface area (Å²) in [6.07, 6.45) is 0.836. The second-order valence-corrected chi connectivity index (χ2v) is 5.23. The molecule has 0 radical (unpaired) electrons. The number of benzene rings is 2.